The summed E-state index contributed by atoms with van der Waals surface area (Å²) in [7, 11) is 0. The number of rotatable bonds is 4. The van der Waals surface area contributed by atoms with Crippen LogP contribution in [0.1, 0.15) is 24.1 Å². The second kappa shape index (κ2) is 7.06. The van der Waals surface area contributed by atoms with Crippen LogP contribution in [-0.4, -0.2) is 19.3 Å². The van der Waals surface area contributed by atoms with Gasteiger partial charge in [0.2, 0.25) is 0 Å². The van der Waals surface area contributed by atoms with Gasteiger partial charge in [0.1, 0.15) is 18.7 Å². The van der Waals surface area contributed by atoms with Crippen molar-refractivity contribution in [2.75, 3.05) is 0 Å². The topological polar surface area (TPSA) is 35.6 Å². The summed E-state index contributed by atoms with van der Waals surface area (Å²) < 4.78 is 5.08. The van der Waals surface area contributed by atoms with Gasteiger partial charge < -0.3 is 4.57 Å². The first-order valence-corrected chi connectivity index (χ1v) is 9.70. The molecule has 0 fully saturated rings. The van der Waals surface area contributed by atoms with Crippen molar-refractivity contribution < 1.29 is 0 Å². The van der Waals surface area contributed by atoms with Crippen LogP contribution in [0.4, 0.5) is 0 Å². The largest absolute Gasteiger partial charge is 0.347 e. The quantitative estimate of drug-likeness (QED) is 0.385. The number of fused-ring (bicyclic) bond motifs is 1. The van der Waals surface area contributed by atoms with Gasteiger partial charge in [0.05, 0.1) is 0 Å². The van der Waals surface area contributed by atoms with Crippen LogP contribution in [0.25, 0.3) is 10.9 Å². The van der Waals surface area contributed by atoms with Crippen molar-refractivity contribution in [3.8, 4) is 0 Å². The van der Waals surface area contributed by atoms with Crippen LogP contribution < -0.4 is 0 Å². The second-order valence-electron chi connectivity index (χ2n) is 5.98. The van der Waals surface area contributed by atoms with Crippen LogP contribution in [0, 0.1) is 0 Å². The molecule has 0 aliphatic carbocycles. The number of nitrogens with zero attached hydrogens (tertiary/aromatic N) is 4. The first kappa shape index (κ1) is 17.6. The molecule has 1 unspecified atom stereocenters. The van der Waals surface area contributed by atoms with Crippen molar-refractivity contribution in [1.29, 1.82) is 0 Å². The van der Waals surface area contributed by atoms with Crippen molar-refractivity contribution in [2.45, 2.75) is 19.5 Å². The lowest BCUT2D eigenvalue weighted by Crippen LogP contribution is -2.13. The summed E-state index contributed by atoms with van der Waals surface area (Å²) in [6.45, 7) is 3.00. The molecule has 2 aromatic heterocycles. The smallest absolute Gasteiger partial charge is 0.137 e. The van der Waals surface area contributed by atoms with Crippen molar-refractivity contribution >= 4 is 50.0 Å². The monoisotopic (exact) mass is 448 g/mol. The molecule has 0 amide bonds. The summed E-state index contributed by atoms with van der Waals surface area (Å²) in [5.74, 6) is 0. The number of hydrogen-bond donors (Lipinski definition) is 0. The summed E-state index contributed by atoms with van der Waals surface area (Å²) in [5, 5.41) is 6.74. The molecule has 0 saturated carbocycles. The Bertz CT molecular complexity index is 1070. The molecule has 0 saturated heterocycles. The predicted octanol–water partition coefficient (Wildman–Crippen LogP) is 5.96. The summed E-state index contributed by atoms with van der Waals surface area (Å²) in [4.78, 5) is 4.13. The predicted molar refractivity (Wildman–Crippen MR) is 109 cm³/mol. The molecule has 4 nitrogen and oxygen atoms in total. The molecular formula is C19H15BrCl2N4. The number of halogens is 3. The van der Waals surface area contributed by atoms with E-state index in [9.17, 15) is 0 Å². The summed E-state index contributed by atoms with van der Waals surface area (Å²) >= 11 is 16.2. The Morgan fingerprint density at radius 1 is 1.12 bits per heavy atom. The minimum atomic E-state index is -0.202. The van der Waals surface area contributed by atoms with Crippen molar-refractivity contribution in [2.24, 2.45) is 0 Å². The van der Waals surface area contributed by atoms with Crippen LogP contribution in [-0.2, 0) is 6.54 Å². The van der Waals surface area contributed by atoms with Crippen molar-refractivity contribution in [1.82, 2.24) is 19.3 Å². The highest BCUT2D eigenvalue weighted by Crippen LogP contribution is 2.37. The number of aromatic nitrogens is 4. The molecule has 0 N–H and O–H groups in total. The summed E-state index contributed by atoms with van der Waals surface area (Å²) in [6, 6.07) is 11.7. The van der Waals surface area contributed by atoms with E-state index >= 15 is 0 Å². The van der Waals surface area contributed by atoms with E-state index in [4.69, 9.17) is 23.2 Å². The van der Waals surface area contributed by atoms with E-state index in [1.54, 1.807) is 12.4 Å². The molecule has 26 heavy (non-hydrogen) atoms. The molecule has 2 heterocycles. The average molecular weight is 450 g/mol. The Kier molecular flexibility index (Phi) is 4.78. The minimum Gasteiger partial charge on any atom is -0.347 e. The maximum atomic E-state index is 6.55. The van der Waals surface area contributed by atoms with Gasteiger partial charge in [-0.2, -0.15) is 5.10 Å². The van der Waals surface area contributed by atoms with Crippen LogP contribution in [0.15, 0.2) is 59.7 Å². The lowest BCUT2D eigenvalue weighted by atomic mass is 9.98. The fraction of sp³-hybridized carbons (Fsp3) is 0.158. The van der Waals surface area contributed by atoms with Gasteiger partial charge in [0.25, 0.3) is 0 Å². The van der Waals surface area contributed by atoms with E-state index in [0.29, 0.717) is 10.0 Å². The van der Waals surface area contributed by atoms with E-state index in [1.807, 2.05) is 16.8 Å². The van der Waals surface area contributed by atoms with Gasteiger partial charge in [-0.05, 0) is 42.8 Å². The Morgan fingerprint density at radius 3 is 2.65 bits per heavy atom. The highest BCUT2D eigenvalue weighted by atomic mass is 79.9. The fourth-order valence-corrected chi connectivity index (χ4v) is 4.18. The molecule has 2 aromatic carbocycles. The van der Waals surface area contributed by atoms with Crippen LogP contribution >= 0.6 is 39.1 Å². The lowest BCUT2D eigenvalue weighted by molar-refractivity contribution is 0.594. The SMILES string of the molecule is CCn1cc(C(c2ccc(Cl)cc2Cl)n2cncn2)c2cc(Br)ccc21. The van der Waals surface area contributed by atoms with E-state index < -0.39 is 0 Å². The van der Waals surface area contributed by atoms with Gasteiger partial charge >= 0.3 is 0 Å². The molecule has 4 aromatic rings. The minimum absolute atomic E-state index is 0.202. The molecule has 0 bridgehead atoms. The third-order valence-electron chi connectivity index (χ3n) is 4.47. The molecule has 0 aliphatic rings. The van der Waals surface area contributed by atoms with Gasteiger partial charge in [0, 0.05) is 43.7 Å². The fourth-order valence-electron chi connectivity index (χ4n) is 3.30. The highest BCUT2D eigenvalue weighted by molar-refractivity contribution is 9.10. The van der Waals surface area contributed by atoms with E-state index in [0.717, 1.165) is 27.5 Å². The third kappa shape index (κ3) is 3.04. The zero-order valence-electron chi connectivity index (χ0n) is 13.9. The average Bonchev–Trinajstić information content (AvgIpc) is 3.25. The van der Waals surface area contributed by atoms with Gasteiger partial charge in [-0.1, -0.05) is 45.2 Å². The van der Waals surface area contributed by atoms with E-state index in [-0.39, 0.29) is 6.04 Å². The maximum absolute atomic E-state index is 6.55. The molecule has 132 valence electrons. The Balaban J connectivity index is 2.01. The zero-order valence-corrected chi connectivity index (χ0v) is 17.0. The summed E-state index contributed by atoms with van der Waals surface area (Å²) in [6.07, 6.45) is 5.41. The van der Waals surface area contributed by atoms with Gasteiger partial charge in [-0.3, -0.25) is 0 Å². The Hall–Kier alpha value is -1.82. The first-order chi connectivity index (χ1) is 12.6. The Morgan fingerprint density at radius 2 is 1.96 bits per heavy atom. The first-order valence-electron chi connectivity index (χ1n) is 8.16. The number of benzene rings is 2. The number of aryl methyl sites for hydroxylation is 1. The normalized spacial score (nSPS) is 12.6. The van der Waals surface area contributed by atoms with Crippen LogP contribution in [0.5, 0.6) is 0 Å². The third-order valence-corrected chi connectivity index (χ3v) is 5.52. The zero-order chi connectivity index (χ0) is 18.3. The molecule has 1 atom stereocenters. The van der Waals surface area contributed by atoms with Crippen molar-refractivity contribution in [3.05, 3.63) is 80.9 Å². The summed E-state index contributed by atoms with van der Waals surface area (Å²) in [5.41, 5.74) is 3.20. The molecule has 0 aliphatic heterocycles. The van der Waals surface area contributed by atoms with Crippen LogP contribution in [0.3, 0.4) is 0 Å². The Labute approximate surface area is 169 Å². The molecule has 7 heteroatoms. The number of hydrogen-bond acceptors (Lipinski definition) is 2. The molecular weight excluding hydrogens is 435 g/mol. The van der Waals surface area contributed by atoms with E-state index in [1.165, 1.54) is 11.8 Å². The van der Waals surface area contributed by atoms with Gasteiger partial charge in [0.15, 0.2) is 0 Å². The molecule has 4 rings (SSSR count). The maximum Gasteiger partial charge on any atom is 0.137 e. The van der Waals surface area contributed by atoms with E-state index in [2.05, 4.69) is 61.9 Å². The van der Waals surface area contributed by atoms with Gasteiger partial charge in [-0.25, -0.2) is 9.67 Å². The second-order valence-corrected chi connectivity index (χ2v) is 7.74. The van der Waals surface area contributed by atoms with Crippen molar-refractivity contribution in [3.63, 3.8) is 0 Å². The molecule has 0 spiro atoms. The van der Waals surface area contributed by atoms with Gasteiger partial charge in [-0.15, -0.1) is 0 Å². The lowest BCUT2D eigenvalue weighted by Gasteiger charge is -2.19. The standard InChI is InChI=1S/C19H15BrCl2N4/c1-2-25-9-16(15-7-12(20)3-6-18(15)25)19(26-11-23-10-24-26)14-5-4-13(21)8-17(14)22/h3-11,19H,2H2,1H3. The molecule has 0 radical (unpaired) electrons. The highest BCUT2D eigenvalue weighted by Gasteiger charge is 2.24. The van der Waals surface area contributed by atoms with Crippen LogP contribution in [0.2, 0.25) is 10.0 Å².